The second-order valence-electron chi connectivity index (χ2n) is 9.30. The number of carbonyl (C=O) groups is 2. The topological polar surface area (TPSA) is 81.9 Å². The number of fused-ring (bicyclic) bond motifs is 2. The molecule has 0 unspecified atom stereocenters. The fourth-order valence-corrected chi connectivity index (χ4v) is 5.88. The maximum atomic E-state index is 14.0. The highest BCUT2D eigenvalue weighted by atomic mass is 28.4. The van der Waals surface area contributed by atoms with Gasteiger partial charge in [0.05, 0.1) is 6.04 Å². The molecule has 2 aliphatic carbocycles. The molecule has 0 N–H and O–H groups in total. The van der Waals surface area contributed by atoms with Crippen LogP contribution in [0.4, 0.5) is 0 Å². The maximum Gasteiger partial charge on any atom is 0.265 e. The van der Waals surface area contributed by atoms with E-state index in [-0.39, 0.29) is 29.9 Å². The van der Waals surface area contributed by atoms with Crippen molar-refractivity contribution in [2.24, 2.45) is 5.92 Å². The Morgan fingerprint density at radius 1 is 1.19 bits per heavy atom. The molecule has 0 amide bonds. The van der Waals surface area contributed by atoms with E-state index < -0.39 is 25.6 Å². The number of hydrogen-bond acceptors (Lipinski definition) is 7. The highest BCUT2D eigenvalue weighted by Crippen LogP contribution is 2.51. The van der Waals surface area contributed by atoms with Gasteiger partial charge < -0.3 is 13.7 Å². The van der Waals surface area contributed by atoms with Crippen LogP contribution in [0.25, 0.3) is 0 Å². The number of rotatable bonds is 6. The molecule has 164 valence electrons. The predicted molar refractivity (Wildman–Crippen MR) is 117 cm³/mol. The van der Waals surface area contributed by atoms with E-state index in [0.29, 0.717) is 12.2 Å². The van der Waals surface area contributed by atoms with Crippen LogP contribution >= 0.6 is 0 Å². The van der Waals surface area contributed by atoms with Crippen LogP contribution < -0.4 is 4.74 Å². The zero-order chi connectivity index (χ0) is 22.4. The van der Waals surface area contributed by atoms with Crippen molar-refractivity contribution in [1.29, 1.82) is 0 Å². The standard InChI is InChI=1S/C23H28N2O5Si/c1-25(2)19-16-12-9-13-17(26)23(16,30-31(3,4)5)21(27)18-20(19)29-24-22(18)28-14-15-10-7-6-8-11-15/h6-11,13,16,19H,12,14H2,1-5H3/t16-,19-,23-/m0/s1. The minimum atomic E-state index is -2.29. The second kappa shape index (κ2) is 7.85. The molecule has 0 bridgehead atoms. The van der Waals surface area contributed by atoms with Crippen molar-refractivity contribution >= 4 is 19.9 Å². The summed E-state index contributed by atoms with van der Waals surface area (Å²) >= 11 is 0. The minimum Gasteiger partial charge on any atom is -0.470 e. The van der Waals surface area contributed by atoms with E-state index in [4.69, 9.17) is 13.7 Å². The van der Waals surface area contributed by atoms with Gasteiger partial charge in [0.25, 0.3) is 5.88 Å². The average Bonchev–Trinajstić information content (AvgIpc) is 3.11. The minimum absolute atomic E-state index is 0.107. The summed E-state index contributed by atoms with van der Waals surface area (Å²) in [5, 5.41) is 4.09. The maximum absolute atomic E-state index is 14.0. The number of Topliss-reactive ketones (excluding diaryl/α,β-unsaturated/α-hetero) is 1. The number of allylic oxidation sites excluding steroid dienone is 1. The van der Waals surface area contributed by atoms with Crippen LogP contribution in [0.1, 0.15) is 34.1 Å². The summed E-state index contributed by atoms with van der Waals surface area (Å²) in [4.78, 5) is 29.2. The summed E-state index contributed by atoms with van der Waals surface area (Å²) in [6.07, 6.45) is 3.83. The summed E-state index contributed by atoms with van der Waals surface area (Å²) in [5.41, 5.74) is -0.431. The molecule has 0 spiro atoms. The Morgan fingerprint density at radius 2 is 1.90 bits per heavy atom. The molecule has 0 saturated carbocycles. The Hall–Kier alpha value is -2.55. The van der Waals surface area contributed by atoms with Gasteiger partial charge in [0.1, 0.15) is 12.2 Å². The number of nitrogens with zero attached hydrogens (tertiary/aromatic N) is 2. The molecular weight excluding hydrogens is 412 g/mol. The molecule has 3 atom stereocenters. The number of aromatic nitrogens is 1. The van der Waals surface area contributed by atoms with Crippen LogP contribution in [0.15, 0.2) is 47.0 Å². The lowest BCUT2D eigenvalue weighted by Gasteiger charge is -2.49. The zero-order valence-corrected chi connectivity index (χ0v) is 19.5. The Labute approximate surface area is 183 Å². The highest BCUT2D eigenvalue weighted by molar-refractivity contribution is 6.70. The van der Waals surface area contributed by atoms with Crippen LogP contribution in [0.2, 0.25) is 19.6 Å². The fraction of sp³-hybridized carbons (Fsp3) is 0.435. The summed E-state index contributed by atoms with van der Waals surface area (Å²) < 4.78 is 18.0. The van der Waals surface area contributed by atoms with Crippen molar-refractivity contribution in [3.63, 3.8) is 0 Å². The van der Waals surface area contributed by atoms with Crippen molar-refractivity contribution in [3.05, 3.63) is 59.4 Å². The summed E-state index contributed by atoms with van der Waals surface area (Å²) in [6.45, 7) is 6.19. The van der Waals surface area contributed by atoms with Crippen LogP contribution in [-0.4, -0.2) is 49.6 Å². The average molecular weight is 441 g/mol. The van der Waals surface area contributed by atoms with Crippen molar-refractivity contribution in [2.75, 3.05) is 14.1 Å². The Kier molecular flexibility index (Phi) is 5.49. The van der Waals surface area contributed by atoms with Gasteiger partial charge in [-0.1, -0.05) is 36.4 Å². The number of ether oxygens (including phenoxy) is 1. The van der Waals surface area contributed by atoms with Crippen LogP contribution in [-0.2, 0) is 15.8 Å². The third-order valence-corrected chi connectivity index (χ3v) is 6.63. The van der Waals surface area contributed by atoms with E-state index in [0.717, 1.165) is 5.56 Å². The molecule has 0 aliphatic heterocycles. The molecule has 8 heteroatoms. The normalized spacial score (nSPS) is 25.5. The largest absolute Gasteiger partial charge is 0.470 e. The number of ketones is 2. The van der Waals surface area contributed by atoms with E-state index in [1.54, 1.807) is 0 Å². The SMILES string of the molecule is CN(C)[C@@H]1c2onc(OCc3ccccc3)c2C(=O)[C@@]2(O[Si](C)(C)C)C(=O)C=CC[C@@H]12. The van der Waals surface area contributed by atoms with Gasteiger partial charge in [-0.2, -0.15) is 0 Å². The van der Waals surface area contributed by atoms with Crippen molar-refractivity contribution < 1.29 is 23.3 Å². The summed E-state index contributed by atoms with van der Waals surface area (Å²) in [5.74, 6) is -0.590. The number of carbonyl (C=O) groups excluding carboxylic acids is 2. The van der Waals surface area contributed by atoms with Crippen LogP contribution in [0.5, 0.6) is 5.88 Å². The number of hydrogen-bond donors (Lipinski definition) is 0. The quantitative estimate of drug-likeness (QED) is 0.499. The molecule has 2 aromatic rings. The molecule has 7 nitrogen and oxygen atoms in total. The summed E-state index contributed by atoms with van der Waals surface area (Å²) in [7, 11) is 1.52. The lowest BCUT2D eigenvalue weighted by atomic mass is 9.65. The van der Waals surface area contributed by atoms with Gasteiger partial charge in [-0.15, -0.1) is 0 Å². The molecule has 0 radical (unpaired) electrons. The van der Waals surface area contributed by atoms with Gasteiger partial charge in [0, 0.05) is 5.92 Å². The molecule has 0 saturated heterocycles. The predicted octanol–water partition coefficient (Wildman–Crippen LogP) is 3.79. The zero-order valence-electron chi connectivity index (χ0n) is 18.5. The van der Waals surface area contributed by atoms with Crippen LogP contribution in [0.3, 0.4) is 0 Å². The smallest absolute Gasteiger partial charge is 0.265 e. The van der Waals surface area contributed by atoms with E-state index in [1.165, 1.54) is 6.08 Å². The van der Waals surface area contributed by atoms with E-state index in [9.17, 15) is 9.59 Å². The molecule has 31 heavy (non-hydrogen) atoms. The molecule has 0 fully saturated rings. The molecule has 1 aromatic carbocycles. The van der Waals surface area contributed by atoms with Crippen molar-refractivity contribution in [3.8, 4) is 5.88 Å². The first-order valence-electron chi connectivity index (χ1n) is 10.4. The van der Waals surface area contributed by atoms with Gasteiger partial charge >= 0.3 is 0 Å². The molecule has 1 aromatic heterocycles. The van der Waals surface area contributed by atoms with E-state index in [1.807, 2.05) is 75.0 Å². The third kappa shape index (κ3) is 3.69. The van der Waals surface area contributed by atoms with Crippen LogP contribution in [0, 0.1) is 5.92 Å². The monoisotopic (exact) mass is 440 g/mol. The molecular formula is C23H28N2O5Si. The summed E-state index contributed by atoms with van der Waals surface area (Å²) in [6, 6.07) is 9.26. The lowest BCUT2D eigenvalue weighted by molar-refractivity contribution is -0.134. The molecule has 1 heterocycles. The Morgan fingerprint density at radius 3 is 2.55 bits per heavy atom. The van der Waals surface area contributed by atoms with Gasteiger partial charge in [0.2, 0.25) is 5.78 Å². The highest BCUT2D eigenvalue weighted by Gasteiger charge is 2.63. The van der Waals surface area contributed by atoms with Crippen molar-refractivity contribution in [2.45, 2.75) is 44.3 Å². The third-order valence-electron chi connectivity index (χ3n) is 5.69. The lowest BCUT2D eigenvalue weighted by Crippen LogP contribution is -2.64. The van der Waals surface area contributed by atoms with Gasteiger partial charge in [-0.3, -0.25) is 14.5 Å². The first-order chi connectivity index (χ1) is 14.6. The van der Waals surface area contributed by atoms with Gasteiger partial charge in [-0.05, 0) is 57.0 Å². The van der Waals surface area contributed by atoms with Gasteiger partial charge in [-0.25, -0.2) is 0 Å². The van der Waals surface area contributed by atoms with E-state index in [2.05, 4.69) is 5.16 Å². The van der Waals surface area contributed by atoms with Crippen molar-refractivity contribution in [1.82, 2.24) is 10.1 Å². The molecule has 4 rings (SSSR count). The first kappa shape index (κ1) is 21.7. The number of benzene rings is 1. The van der Waals surface area contributed by atoms with Gasteiger partial charge in [0.15, 0.2) is 25.5 Å². The second-order valence-corrected chi connectivity index (χ2v) is 13.7. The van der Waals surface area contributed by atoms with E-state index >= 15 is 0 Å². The fourth-order valence-electron chi connectivity index (χ4n) is 4.57. The Balaban J connectivity index is 1.82. The Bertz CT molecular complexity index is 1020. The molecule has 2 aliphatic rings. The first-order valence-corrected chi connectivity index (χ1v) is 13.8.